The van der Waals surface area contributed by atoms with Crippen molar-refractivity contribution >= 4 is 28.7 Å². The lowest BCUT2D eigenvalue weighted by Gasteiger charge is -2.05. The van der Waals surface area contributed by atoms with E-state index in [1.807, 2.05) is 0 Å². The highest BCUT2D eigenvalue weighted by Crippen LogP contribution is 2.03. The van der Waals surface area contributed by atoms with Crippen LogP contribution in [0, 0.1) is 0 Å². The predicted octanol–water partition coefficient (Wildman–Crippen LogP) is -0.0594. The fourth-order valence-corrected chi connectivity index (χ4v) is 1.41. The van der Waals surface area contributed by atoms with E-state index < -0.39 is 0 Å². The van der Waals surface area contributed by atoms with Crippen LogP contribution in [0.5, 0.6) is 0 Å². The third kappa shape index (κ3) is 1.24. The van der Waals surface area contributed by atoms with Crippen molar-refractivity contribution in [2.24, 2.45) is 0 Å². The van der Waals surface area contributed by atoms with Gasteiger partial charge in [-0.3, -0.25) is 9.36 Å². The number of nitrogens with zero attached hydrogens (tertiary/aromatic N) is 3. The number of fused-ring (bicyclic) bond motifs is 1. The maximum absolute atomic E-state index is 11.7. The molecule has 0 radical (unpaired) electrons. The van der Waals surface area contributed by atoms with Gasteiger partial charge in [0, 0.05) is 12.4 Å². The van der Waals surface area contributed by atoms with Crippen molar-refractivity contribution in [3.63, 3.8) is 0 Å². The Hall–Kier alpha value is -1.56. The Morgan fingerprint density at radius 2 is 2.43 bits per heavy atom. The first kappa shape index (κ1) is 9.01. The molecule has 0 amide bonds. The van der Waals surface area contributed by atoms with Crippen molar-refractivity contribution < 1.29 is 0 Å². The molecule has 6 nitrogen and oxygen atoms in total. The first-order chi connectivity index (χ1) is 6.74. The molecule has 0 fully saturated rings. The summed E-state index contributed by atoms with van der Waals surface area (Å²) in [7, 11) is 0. The van der Waals surface area contributed by atoms with Gasteiger partial charge >= 0.3 is 0 Å². The molecule has 0 atom stereocenters. The largest absolute Gasteiger partial charge is 0.369 e. The van der Waals surface area contributed by atoms with Gasteiger partial charge in [-0.05, 0) is 0 Å². The van der Waals surface area contributed by atoms with Gasteiger partial charge in [-0.2, -0.15) is 4.98 Å². The molecule has 0 saturated carbocycles. The third-order valence-corrected chi connectivity index (χ3v) is 2.05. The van der Waals surface area contributed by atoms with E-state index in [1.54, 1.807) is 0 Å². The molecule has 0 aromatic carbocycles. The molecule has 74 valence electrons. The molecule has 0 spiro atoms. The first-order valence-electron chi connectivity index (χ1n) is 3.99. The van der Waals surface area contributed by atoms with Gasteiger partial charge in [-0.25, -0.2) is 4.98 Å². The average molecular weight is 214 g/mol. The molecule has 0 aliphatic heterocycles. The van der Waals surface area contributed by atoms with E-state index in [0.717, 1.165) is 0 Å². The summed E-state index contributed by atoms with van der Waals surface area (Å²) in [5, 5.41) is 0. The zero-order valence-corrected chi connectivity index (χ0v) is 7.95. The molecule has 0 saturated heterocycles. The molecule has 7 heteroatoms. The Balaban J connectivity index is 2.76. The molecule has 0 bridgehead atoms. The molecule has 0 aliphatic rings. The van der Waals surface area contributed by atoms with Gasteiger partial charge in [-0.15, -0.1) is 11.6 Å². The second kappa shape index (κ2) is 3.30. The number of aromatic nitrogens is 4. The van der Waals surface area contributed by atoms with Crippen LogP contribution in [0.25, 0.3) is 11.2 Å². The van der Waals surface area contributed by atoms with Crippen molar-refractivity contribution in [2.75, 3.05) is 11.6 Å². The van der Waals surface area contributed by atoms with Crippen LogP contribution >= 0.6 is 11.6 Å². The highest BCUT2D eigenvalue weighted by Gasteiger charge is 2.09. The van der Waals surface area contributed by atoms with Crippen molar-refractivity contribution in [1.29, 1.82) is 0 Å². The summed E-state index contributed by atoms with van der Waals surface area (Å²) in [4.78, 5) is 22.3. The van der Waals surface area contributed by atoms with Crippen LogP contribution in [0.1, 0.15) is 0 Å². The molecule has 0 unspecified atom stereocenters. The normalized spacial score (nSPS) is 10.9. The lowest BCUT2D eigenvalue weighted by atomic mass is 10.5. The molecular formula is C7H8ClN5O. The number of nitrogen functional groups attached to an aromatic ring is 1. The Labute approximate surface area is 83.7 Å². The summed E-state index contributed by atoms with van der Waals surface area (Å²) in [5.74, 6) is 0.453. The van der Waals surface area contributed by atoms with E-state index in [1.165, 1.54) is 10.9 Å². The summed E-state index contributed by atoms with van der Waals surface area (Å²) >= 11 is 5.53. The number of nitrogens with two attached hydrogens (primary N) is 1. The molecule has 14 heavy (non-hydrogen) atoms. The Morgan fingerprint density at radius 3 is 3.14 bits per heavy atom. The zero-order chi connectivity index (χ0) is 10.1. The van der Waals surface area contributed by atoms with E-state index >= 15 is 0 Å². The quantitative estimate of drug-likeness (QED) is 0.684. The minimum atomic E-state index is -0.269. The van der Waals surface area contributed by atoms with Crippen molar-refractivity contribution in [3.05, 3.63) is 16.7 Å². The van der Waals surface area contributed by atoms with Crippen LogP contribution in [0.3, 0.4) is 0 Å². The Morgan fingerprint density at radius 1 is 1.64 bits per heavy atom. The second-order valence-electron chi connectivity index (χ2n) is 2.72. The van der Waals surface area contributed by atoms with Crippen molar-refractivity contribution in [1.82, 2.24) is 19.5 Å². The third-order valence-electron chi connectivity index (χ3n) is 1.88. The summed E-state index contributed by atoms with van der Waals surface area (Å²) in [6.45, 7) is 0.335. The molecular weight excluding hydrogens is 206 g/mol. The van der Waals surface area contributed by atoms with E-state index in [0.29, 0.717) is 18.1 Å². The predicted molar refractivity (Wildman–Crippen MR) is 53.3 cm³/mol. The Bertz CT molecular complexity index is 516. The van der Waals surface area contributed by atoms with Crippen LogP contribution in [-0.2, 0) is 6.54 Å². The minimum Gasteiger partial charge on any atom is -0.369 e. The van der Waals surface area contributed by atoms with Crippen LogP contribution < -0.4 is 11.3 Å². The number of alkyl halides is 1. The monoisotopic (exact) mass is 213 g/mol. The lowest BCUT2D eigenvalue weighted by molar-refractivity contribution is 0.735. The van der Waals surface area contributed by atoms with Gasteiger partial charge in [-0.1, -0.05) is 0 Å². The van der Waals surface area contributed by atoms with Crippen molar-refractivity contribution in [2.45, 2.75) is 6.54 Å². The number of anilines is 1. The number of nitrogens with one attached hydrogen (secondary N) is 1. The molecule has 0 aliphatic carbocycles. The summed E-state index contributed by atoms with van der Waals surface area (Å²) in [5.41, 5.74) is 5.99. The maximum Gasteiger partial charge on any atom is 0.283 e. The standard InChI is InChI=1S/C7H8ClN5O/c8-1-2-13-6(14)4-5(11-3-10-4)12-7(13)9/h3H,1-2H2,(H2,9,12)(H,10,11). The number of hydrogen-bond acceptors (Lipinski definition) is 4. The number of aromatic amines is 1. The van der Waals surface area contributed by atoms with Crippen LogP contribution in [0.4, 0.5) is 5.95 Å². The number of H-pyrrole nitrogens is 1. The van der Waals surface area contributed by atoms with Crippen molar-refractivity contribution in [3.8, 4) is 0 Å². The number of hydrogen-bond donors (Lipinski definition) is 2. The zero-order valence-electron chi connectivity index (χ0n) is 7.20. The molecule has 3 N–H and O–H groups in total. The Kier molecular flexibility index (Phi) is 2.12. The highest BCUT2D eigenvalue weighted by atomic mass is 35.5. The average Bonchev–Trinajstić information content (AvgIpc) is 2.60. The number of imidazole rings is 1. The first-order valence-corrected chi connectivity index (χ1v) is 4.53. The van der Waals surface area contributed by atoms with Gasteiger partial charge in [0.2, 0.25) is 5.95 Å². The van der Waals surface area contributed by atoms with Gasteiger partial charge in [0.05, 0.1) is 6.33 Å². The topological polar surface area (TPSA) is 89.6 Å². The summed E-state index contributed by atoms with van der Waals surface area (Å²) in [6, 6.07) is 0. The van der Waals surface area contributed by atoms with Gasteiger partial charge in [0.15, 0.2) is 11.2 Å². The fraction of sp³-hybridized carbons (Fsp3) is 0.286. The maximum atomic E-state index is 11.7. The van der Waals surface area contributed by atoms with E-state index in [2.05, 4.69) is 15.0 Å². The highest BCUT2D eigenvalue weighted by molar-refractivity contribution is 6.17. The molecule has 2 aromatic heterocycles. The van der Waals surface area contributed by atoms with Gasteiger partial charge in [0.25, 0.3) is 5.56 Å². The van der Waals surface area contributed by atoms with Crippen LogP contribution in [0.15, 0.2) is 11.1 Å². The van der Waals surface area contributed by atoms with E-state index in [-0.39, 0.29) is 17.0 Å². The number of halogens is 1. The fourth-order valence-electron chi connectivity index (χ4n) is 1.24. The second-order valence-corrected chi connectivity index (χ2v) is 3.09. The lowest BCUT2D eigenvalue weighted by Crippen LogP contribution is -2.25. The van der Waals surface area contributed by atoms with E-state index in [9.17, 15) is 4.79 Å². The summed E-state index contributed by atoms with van der Waals surface area (Å²) < 4.78 is 1.30. The molecule has 2 heterocycles. The number of rotatable bonds is 2. The van der Waals surface area contributed by atoms with E-state index in [4.69, 9.17) is 17.3 Å². The minimum absolute atomic E-state index is 0.146. The van der Waals surface area contributed by atoms with Gasteiger partial charge in [0.1, 0.15) is 0 Å². The molecule has 2 rings (SSSR count). The smallest absolute Gasteiger partial charge is 0.283 e. The molecule has 2 aromatic rings. The summed E-state index contributed by atoms with van der Waals surface area (Å²) in [6.07, 6.45) is 1.41. The van der Waals surface area contributed by atoms with Crippen LogP contribution in [-0.4, -0.2) is 25.4 Å². The van der Waals surface area contributed by atoms with Gasteiger partial charge < -0.3 is 10.7 Å². The van der Waals surface area contributed by atoms with Crippen LogP contribution in [0.2, 0.25) is 0 Å². The SMILES string of the molecule is Nc1nc2[nH]cnc2c(=O)n1CCCl.